The summed E-state index contributed by atoms with van der Waals surface area (Å²) in [4.78, 5) is 20.6. The Balaban J connectivity index is 2.03. The molecule has 6 heteroatoms. The van der Waals surface area contributed by atoms with Gasteiger partial charge in [0.15, 0.2) is 5.82 Å². The van der Waals surface area contributed by atoms with Crippen molar-refractivity contribution in [3.8, 4) is 0 Å². The van der Waals surface area contributed by atoms with E-state index in [1.54, 1.807) is 6.92 Å². The zero-order valence-electron chi connectivity index (χ0n) is 12.8. The van der Waals surface area contributed by atoms with Crippen LogP contribution in [0, 0.1) is 0 Å². The summed E-state index contributed by atoms with van der Waals surface area (Å²) < 4.78 is 5.27. The Bertz CT molecular complexity index is 460. The summed E-state index contributed by atoms with van der Waals surface area (Å²) in [5, 5.41) is 4.04. The molecule has 1 saturated heterocycles. The van der Waals surface area contributed by atoms with E-state index in [-0.39, 0.29) is 11.7 Å². The molecule has 1 fully saturated rings. The molecule has 20 heavy (non-hydrogen) atoms. The fourth-order valence-electron chi connectivity index (χ4n) is 2.66. The fraction of sp³-hybridized carbons (Fsp3) is 0.786. The van der Waals surface area contributed by atoms with Gasteiger partial charge < -0.3 is 14.3 Å². The van der Waals surface area contributed by atoms with Crippen molar-refractivity contribution in [1.82, 2.24) is 19.9 Å². The van der Waals surface area contributed by atoms with E-state index < -0.39 is 0 Å². The number of ketones is 1. The minimum Gasteiger partial charge on any atom is -0.339 e. The van der Waals surface area contributed by atoms with Crippen molar-refractivity contribution in [2.75, 3.05) is 33.7 Å². The molecule has 2 rings (SSSR count). The first-order chi connectivity index (χ1) is 9.51. The maximum absolute atomic E-state index is 11.5. The van der Waals surface area contributed by atoms with Crippen LogP contribution in [0.1, 0.15) is 37.9 Å². The highest BCUT2D eigenvalue weighted by atomic mass is 16.5. The summed E-state index contributed by atoms with van der Waals surface area (Å²) >= 11 is 0. The van der Waals surface area contributed by atoms with Gasteiger partial charge in [-0.2, -0.15) is 4.98 Å². The molecule has 1 aliphatic rings. The van der Waals surface area contributed by atoms with Gasteiger partial charge in [-0.3, -0.25) is 4.79 Å². The van der Waals surface area contributed by atoms with Gasteiger partial charge >= 0.3 is 0 Å². The maximum atomic E-state index is 11.5. The average molecular weight is 280 g/mol. The van der Waals surface area contributed by atoms with Gasteiger partial charge in [0, 0.05) is 32.1 Å². The molecular formula is C14H24N4O2. The number of nitrogens with zero attached hydrogens (tertiary/aromatic N) is 4. The van der Waals surface area contributed by atoms with Gasteiger partial charge in [0.1, 0.15) is 5.78 Å². The number of likely N-dealkylation sites (N-methyl/N-ethyl adjacent to an activating group) is 2. The van der Waals surface area contributed by atoms with E-state index >= 15 is 0 Å². The van der Waals surface area contributed by atoms with Crippen LogP contribution in [-0.2, 0) is 11.2 Å². The third-order valence-corrected chi connectivity index (χ3v) is 4.08. The van der Waals surface area contributed by atoms with Gasteiger partial charge in [0.05, 0.1) is 5.92 Å². The molecule has 1 aliphatic heterocycles. The lowest BCUT2D eigenvalue weighted by molar-refractivity contribution is -0.119. The summed E-state index contributed by atoms with van der Waals surface area (Å²) in [5.74, 6) is 0.980. The predicted molar refractivity (Wildman–Crippen MR) is 75.6 cm³/mol. The van der Waals surface area contributed by atoms with Gasteiger partial charge in [-0.1, -0.05) is 12.1 Å². The molecule has 0 N–H and O–H groups in total. The summed E-state index contributed by atoms with van der Waals surface area (Å²) in [6.45, 7) is 6.68. The van der Waals surface area contributed by atoms with Crippen LogP contribution in [0.5, 0.6) is 0 Å². The Morgan fingerprint density at radius 1 is 1.45 bits per heavy atom. The normalized spacial score (nSPS) is 22.9. The zero-order valence-corrected chi connectivity index (χ0v) is 12.8. The lowest BCUT2D eigenvalue weighted by Gasteiger charge is -2.37. The highest BCUT2D eigenvalue weighted by Gasteiger charge is 2.26. The van der Waals surface area contributed by atoms with Crippen LogP contribution in [0.15, 0.2) is 4.52 Å². The molecule has 6 nitrogen and oxygen atoms in total. The second-order valence-corrected chi connectivity index (χ2v) is 5.72. The summed E-state index contributed by atoms with van der Waals surface area (Å²) in [5.41, 5.74) is 0. The maximum Gasteiger partial charge on any atom is 0.237 e. The van der Waals surface area contributed by atoms with E-state index in [0.29, 0.717) is 24.2 Å². The number of hydrogen-bond acceptors (Lipinski definition) is 6. The molecule has 0 bridgehead atoms. The molecule has 112 valence electrons. The molecule has 0 aromatic carbocycles. The lowest BCUT2D eigenvalue weighted by atomic mass is 10.0. The van der Waals surface area contributed by atoms with Crippen molar-refractivity contribution in [3.63, 3.8) is 0 Å². The van der Waals surface area contributed by atoms with E-state index in [1.807, 2.05) is 6.92 Å². The number of rotatable bonds is 5. The summed E-state index contributed by atoms with van der Waals surface area (Å²) in [7, 11) is 4.26. The smallest absolute Gasteiger partial charge is 0.237 e. The van der Waals surface area contributed by atoms with Gasteiger partial charge in [0.25, 0.3) is 0 Å². The van der Waals surface area contributed by atoms with Gasteiger partial charge in [-0.05, 0) is 27.4 Å². The number of carbonyl (C=O) groups excluding carboxylic acids is 1. The van der Waals surface area contributed by atoms with E-state index in [4.69, 9.17) is 4.52 Å². The molecule has 0 amide bonds. The number of Topliss-reactive ketones (excluding diaryl/α,β-unsaturated/α-hetero) is 1. The summed E-state index contributed by atoms with van der Waals surface area (Å²) in [6, 6.07) is 0.400. The molecule has 0 radical (unpaired) electrons. The van der Waals surface area contributed by atoms with Crippen LogP contribution in [0.4, 0.5) is 0 Å². The van der Waals surface area contributed by atoms with Crippen molar-refractivity contribution in [2.45, 2.75) is 38.6 Å². The predicted octanol–water partition coefficient (Wildman–Crippen LogP) is 0.941. The van der Waals surface area contributed by atoms with E-state index in [2.05, 4.69) is 34.0 Å². The lowest BCUT2D eigenvalue weighted by Crippen LogP contribution is -2.50. The Kier molecular flexibility index (Phi) is 4.88. The molecule has 2 heterocycles. The third kappa shape index (κ3) is 3.43. The van der Waals surface area contributed by atoms with E-state index in [9.17, 15) is 4.79 Å². The molecule has 1 aromatic heterocycles. The minimum absolute atomic E-state index is 0.0808. The van der Waals surface area contributed by atoms with Gasteiger partial charge in [-0.25, -0.2) is 0 Å². The van der Waals surface area contributed by atoms with Crippen molar-refractivity contribution < 1.29 is 9.32 Å². The Morgan fingerprint density at radius 2 is 2.20 bits per heavy atom. The fourth-order valence-corrected chi connectivity index (χ4v) is 2.66. The van der Waals surface area contributed by atoms with E-state index in [0.717, 1.165) is 26.1 Å². The quantitative estimate of drug-likeness (QED) is 0.800. The van der Waals surface area contributed by atoms with Crippen molar-refractivity contribution >= 4 is 5.78 Å². The number of piperazine rings is 1. The Morgan fingerprint density at radius 3 is 2.85 bits per heavy atom. The monoisotopic (exact) mass is 280 g/mol. The van der Waals surface area contributed by atoms with Crippen molar-refractivity contribution in [3.05, 3.63) is 11.7 Å². The molecule has 2 atom stereocenters. The van der Waals surface area contributed by atoms with Crippen LogP contribution >= 0.6 is 0 Å². The third-order valence-electron chi connectivity index (χ3n) is 4.08. The first-order valence-corrected chi connectivity index (χ1v) is 7.23. The van der Waals surface area contributed by atoms with Crippen LogP contribution in [0.2, 0.25) is 0 Å². The topological polar surface area (TPSA) is 62.5 Å². The van der Waals surface area contributed by atoms with Crippen molar-refractivity contribution in [1.29, 1.82) is 0 Å². The molecule has 0 spiro atoms. The van der Waals surface area contributed by atoms with Crippen LogP contribution < -0.4 is 0 Å². The largest absolute Gasteiger partial charge is 0.339 e. The average Bonchev–Trinajstić information content (AvgIpc) is 2.82. The minimum atomic E-state index is -0.261. The standard InChI is InChI=1S/C14H24N4O2/c1-5-12(10(2)19)14-15-13(16-20-14)8-11-9-17(3)6-7-18(11)4/h11-12H,5-9H2,1-4H3. The number of hydrogen-bond donors (Lipinski definition) is 0. The first-order valence-electron chi connectivity index (χ1n) is 7.23. The zero-order chi connectivity index (χ0) is 14.7. The first kappa shape index (κ1) is 15.1. The highest BCUT2D eigenvalue weighted by molar-refractivity contribution is 5.82. The molecule has 0 saturated carbocycles. The van der Waals surface area contributed by atoms with Gasteiger partial charge in [0.2, 0.25) is 5.89 Å². The SMILES string of the molecule is CCC(C(C)=O)c1nc(CC2CN(C)CCN2C)no1. The van der Waals surface area contributed by atoms with Crippen LogP contribution in [-0.4, -0.2) is 65.5 Å². The molecule has 0 aliphatic carbocycles. The molecular weight excluding hydrogens is 256 g/mol. The van der Waals surface area contributed by atoms with Crippen LogP contribution in [0.25, 0.3) is 0 Å². The molecule has 1 aromatic rings. The Hall–Kier alpha value is -1.27. The summed E-state index contributed by atoms with van der Waals surface area (Å²) in [6.07, 6.45) is 1.46. The second kappa shape index (κ2) is 6.45. The highest BCUT2D eigenvalue weighted by Crippen LogP contribution is 2.19. The number of aromatic nitrogens is 2. The number of carbonyl (C=O) groups is 1. The van der Waals surface area contributed by atoms with Crippen molar-refractivity contribution in [2.24, 2.45) is 0 Å². The van der Waals surface area contributed by atoms with Crippen LogP contribution in [0.3, 0.4) is 0 Å². The van der Waals surface area contributed by atoms with Gasteiger partial charge in [-0.15, -0.1) is 0 Å². The Labute approximate surface area is 120 Å². The molecule has 2 unspecified atom stereocenters. The second-order valence-electron chi connectivity index (χ2n) is 5.72. The van der Waals surface area contributed by atoms with E-state index in [1.165, 1.54) is 0 Å².